The van der Waals surface area contributed by atoms with Crippen molar-refractivity contribution >= 4 is 74.0 Å². The first-order valence-corrected chi connectivity index (χ1v) is 30.4. The Morgan fingerprint density at radius 2 is 0.635 bits per heavy atom. The normalized spacial score (nSPS) is 12.8. The van der Waals surface area contributed by atoms with E-state index in [1.54, 1.807) is 0 Å². The molecule has 2 aliphatic rings. The van der Waals surface area contributed by atoms with E-state index in [9.17, 15) is 0 Å². The van der Waals surface area contributed by atoms with Gasteiger partial charge in [0.15, 0.2) is 5.90 Å². The maximum Gasteiger partial charge on any atom is 1.00 e. The van der Waals surface area contributed by atoms with E-state index in [-0.39, 0.29) is 44.8 Å². The first-order chi connectivity index (χ1) is 29.7. The van der Waals surface area contributed by atoms with Gasteiger partial charge in [-0.05, 0) is 81.2 Å². The Balaban J connectivity index is 0.000000161. The minimum Gasteiger partial charge on any atom is -0.366 e. The third-order valence-electron chi connectivity index (χ3n) is 12.3. The van der Waals surface area contributed by atoms with Crippen LogP contribution in [-0.2, 0) is 44.8 Å². The van der Waals surface area contributed by atoms with E-state index >= 15 is 0 Å². The molecule has 0 spiro atoms. The summed E-state index contributed by atoms with van der Waals surface area (Å²) in [6.45, 7) is 9.52. The minimum absolute atomic E-state index is 0. The van der Waals surface area contributed by atoms with Crippen LogP contribution in [0, 0.1) is 24.7 Å². The molecule has 8 aromatic carbocycles. The fourth-order valence-electron chi connectivity index (χ4n) is 9.04. The second-order valence-corrected chi connectivity index (χ2v) is 31.0. The summed E-state index contributed by atoms with van der Waals surface area (Å²) in [4.78, 5) is 0. The van der Waals surface area contributed by atoms with E-state index in [2.05, 4.69) is 232 Å². The maximum absolute atomic E-state index is 7.26. The molecule has 0 radical (unpaired) electrons. The average molecular weight is 1160 g/mol. The van der Waals surface area contributed by atoms with Crippen molar-refractivity contribution in [2.45, 2.75) is 26.2 Å². The minimum atomic E-state index is -1.55. The van der Waals surface area contributed by atoms with E-state index < -0.39 is 32.0 Å². The van der Waals surface area contributed by atoms with Gasteiger partial charge in [-0.1, -0.05) is 170 Å². The zero-order valence-corrected chi connectivity index (χ0v) is 43.6. The number of hydrogen-bond acceptors (Lipinski definition) is 0. The van der Waals surface area contributed by atoms with E-state index in [0.717, 1.165) is 11.1 Å². The summed E-state index contributed by atoms with van der Waals surface area (Å²) >= 11 is 0. The molecule has 316 valence electrons. The van der Waals surface area contributed by atoms with Gasteiger partial charge in [-0.15, -0.1) is 35.4 Å². The Morgan fingerprint density at radius 1 is 0.365 bits per heavy atom. The van der Waals surface area contributed by atoms with Crippen LogP contribution in [0.4, 0.5) is 0 Å². The third kappa shape index (κ3) is 10.3. The SMILES string of the molecule is [Ag+].[Au+].[C-]#Cc1ccc2c(c1)[Si](C)(C)c1ccccc1-2.[C-]#Cc1ccc2c(c1)[Si](C)(C)c1ccccc1-2.c1ccc([PH+](C[PH+](c2ccccc2)c2ccccc2)c2ccccc2)cc1. The first kappa shape index (κ1) is 48.1. The largest absolute Gasteiger partial charge is 1.00 e. The molecule has 6 heteroatoms. The Kier molecular flexibility index (Phi) is 16.5. The molecule has 0 nitrogen and oxygen atoms in total. The van der Waals surface area contributed by atoms with E-state index in [1.807, 2.05) is 12.1 Å². The number of fused-ring (bicyclic) bond motifs is 6. The molecule has 0 saturated carbocycles. The van der Waals surface area contributed by atoms with Crippen molar-refractivity contribution in [2.75, 3.05) is 5.90 Å². The molecular formula is C57H50AgAuP2Si2+2. The predicted molar refractivity (Wildman–Crippen MR) is 276 cm³/mol. The molecule has 10 rings (SSSR count). The van der Waals surface area contributed by atoms with Gasteiger partial charge in [-0.2, -0.15) is 0 Å². The van der Waals surface area contributed by atoms with Crippen LogP contribution in [0.5, 0.6) is 0 Å². The summed E-state index contributed by atoms with van der Waals surface area (Å²) in [5.41, 5.74) is 7.26. The fraction of sp³-hybridized carbons (Fsp3) is 0.0877. The van der Waals surface area contributed by atoms with Gasteiger partial charge in [0.05, 0.1) is 0 Å². The van der Waals surface area contributed by atoms with E-state index in [4.69, 9.17) is 12.8 Å². The van der Waals surface area contributed by atoms with Gasteiger partial charge >= 0.3 is 44.8 Å². The Hall–Kier alpha value is -4.35. The smallest absolute Gasteiger partial charge is 0.366 e. The van der Waals surface area contributed by atoms with Crippen LogP contribution in [0.15, 0.2) is 206 Å². The molecular weight excluding hydrogens is 1110 g/mol. The molecule has 2 aliphatic heterocycles. The van der Waals surface area contributed by atoms with Gasteiger partial charge in [0.1, 0.15) is 53.2 Å². The standard InChI is InChI=1S/C25H22P2.2C16H13Si.Ag.Au/c1-5-13-22(14-6-1)26(23-15-7-2-8-16-23)21-27(24-17-9-3-10-18-24)25-19-11-4-12-20-25;2*1-4-12-9-10-14-13-7-5-6-8-15(13)17(2,3)16(14)11-12;;/h1-20H,21H2;2*5-11H,2-3H3;;/q;2*-1;2*+1/p+2. The first-order valence-electron chi connectivity index (χ1n) is 21.0. The third-order valence-corrected chi connectivity index (χ3v) is 26.3. The molecule has 0 fully saturated rings. The van der Waals surface area contributed by atoms with Crippen molar-refractivity contribution in [1.29, 1.82) is 0 Å². The van der Waals surface area contributed by atoms with Gasteiger partial charge in [-0.25, -0.2) is 0 Å². The molecule has 0 saturated heterocycles. The van der Waals surface area contributed by atoms with Crippen molar-refractivity contribution < 1.29 is 44.8 Å². The fourth-order valence-corrected chi connectivity index (χ4v) is 23.0. The number of hydrogen-bond donors (Lipinski definition) is 0. The van der Waals surface area contributed by atoms with E-state index in [1.165, 1.54) is 70.1 Å². The molecule has 0 bridgehead atoms. The van der Waals surface area contributed by atoms with Crippen molar-refractivity contribution in [3.05, 3.63) is 230 Å². The Labute approximate surface area is 411 Å². The van der Waals surface area contributed by atoms with Gasteiger partial charge in [0, 0.05) is 0 Å². The van der Waals surface area contributed by atoms with Crippen molar-refractivity contribution in [3.8, 4) is 34.1 Å². The second kappa shape index (κ2) is 21.6. The van der Waals surface area contributed by atoms with Crippen LogP contribution >= 0.6 is 15.8 Å². The zero-order chi connectivity index (χ0) is 42.4. The summed E-state index contributed by atoms with van der Waals surface area (Å²) in [7, 11) is -4.80. The predicted octanol–water partition coefficient (Wildman–Crippen LogP) is 9.52. The van der Waals surface area contributed by atoms with Gasteiger partial charge in [0.25, 0.3) is 0 Å². The summed E-state index contributed by atoms with van der Waals surface area (Å²) in [6, 6.07) is 74.4. The van der Waals surface area contributed by atoms with Crippen LogP contribution in [0.25, 0.3) is 22.3 Å². The zero-order valence-electron chi connectivity index (χ0n) is 35.9. The van der Waals surface area contributed by atoms with Crippen LogP contribution in [0.1, 0.15) is 11.1 Å². The van der Waals surface area contributed by atoms with Crippen molar-refractivity contribution in [2.24, 2.45) is 0 Å². The molecule has 2 heterocycles. The second-order valence-electron chi connectivity index (χ2n) is 16.7. The molecule has 0 N–H and O–H groups in total. The van der Waals surface area contributed by atoms with E-state index in [0.29, 0.717) is 0 Å². The molecule has 0 aliphatic carbocycles. The number of rotatable bonds is 6. The molecule has 0 amide bonds. The van der Waals surface area contributed by atoms with Gasteiger partial charge < -0.3 is 12.8 Å². The van der Waals surface area contributed by atoms with Crippen LogP contribution < -0.4 is 42.0 Å². The molecule has 63 heavy (non-hydrogen) atoms. The molecule has 0 aromatic heterocycles. The average Bonchev–Trinajstić information content (AvgIpc) is 3.69. The number of benzene rings is 8. The van der Waals surface area contributed by atoms with Gasteiger partial charge in [0.2, 0.25) is 0 Å². The van der Waals surface area contributed by atoms with Gasteiger partial charge in [-0.3, -0.25) is 11.8 Å². The summed E-state index contributed by atoms with van der Waals surface area (Å²) in [6.07, 6.45) is 14.5. The van der Waals surface area contributed by atoms with Crippen LogP contribution in [0.2, 0.25) is 26.2 Å². The monoisotopic (exact) mass is 1160 g/mol. The summed E-state index contributed by atoms with van der Waals surface area (Å²) in [5.74, 6) is 6.23. The maximum atomic E-state index is 7.26. The van der Waals surface area contributed by atoms with Crippen LogP contribution in [0.3, 0.4) is 0 Å². The van der Waals surface area contributed by atoms with Crippen molar-refractivity contribution in [1.82, 2.24) is 0 Å². The summed E-state index contributed by atoms with van der Waals surface area (Å²) < 4.78 is 0. The van der Waals surface area contributed by atoms with Crippen molar-refractivity contribution in [3.63, 3.8) is 0 Å². The Bertz CT molecular complexity index is 2590. The van der Waals surface area contributed by atoms with Crippen LogP contribution in [-0.4, -0.2) is 22.1 Å². The molecule has 8 aromatic rings. The molecule has 0 unspecified atom stereocenters. The quantitative estimate of drug-likeness (QED) is 0.0675. The Morgan fingerprint density at radius 3 is 0.937 bits per heavy atom. The molecule has 0 atom stereocenters. The summed E-state index contributed by atoms with van der Waals surface area (Å²) in [5, 5.41) is 11.9. The topological polar surface area (TPSA) is 0 Å².